The van der Waals surface area contributed by atoms with E-state index in [0.717, 1.165) is 5.56 Å². The van der Waals surface area contributed by atoms with E-state index in [-0.39, 0.29) is 10.6 Å². The summed E-state index contributed by atoms with van der Waals surface area (Å²) in [5, 5.41) is 14.6. The summed E-state index contributed by atoms with van der Waals surface area (Å²) in [5.74, 6) is 0.167. The molecule has 3 N–H and O–H groups in total. The third-order valence-electron chi connectivity index (χ3n) is 2.69. The van der Waals surface area contributed by atoms with E-state index in [9.17, 15) is 13.5 Å². The lowest BCUT2D eigenvalue weighted by atomic mass is 10.2. The molecule has 0 aliphatic rings. The minimum absolute atomic E-state index is 0.0749. The minimum Gasteiger partial charge on any atom is -0.507 e. The van der Waals surface area contributed by atoms with Gasteiger partial charge in [-0.1, -0.05) is 24.3 Å². The van der Waals surface area contributed by atoms with Gasteiger partial charge in [0.2, 0.25) is 10.0 Å². The van der Waals surface area contributed by atoms with E-state index in [4.69, 9.17) is 5.14 Å². The summed E-state index contributed by atoms with van der Waals surface area (Å²) >= 11 is 0. The van der Waals surface area contributed by atoms with E-state index in [0.29, 0.717) is 12.1 Å². The van der Waals surface area contributed by atoms with E-state index >= 15 is 0 Å². The van der Waals surface area contributed by atoms with Crippen molar-refractivity contribution in [3.63, 3.8) is 0 Å². The van der Waals surface area contributed by atoms with Gasteiger partial charge in [0, 0.05) is 11.8 Å². The summed E-state index contributed by atoms with van der Waals surface area (Å²) in [6.45, 7) is 0.388. The molecule has 2 aromatic rings. The van der Waals surface area contributed by atoms with E-state index in [1.165, 1.54) is 12.1 Å². The first-order chi connectivity index (χ1) is 9.47. The quantitative estimate of drug-likeness (QED) is 0.839. The fourth-order valence-electron chi connectivity index (χ4n) is 1.63. The molecule has 0 saturated heterocycles. The number of nitrogens with two attached hydrogens (primary N) is 1. The molecule has 0 aliphatic heterocycles. The van der Waals surface area contributed by atoms with Gasteiger partial charge in [0.25, 0.3) is 0 Å². The molecule has 0 spiro atoms. The molecule has 0 saturated carbocycles. The summed E-state index contributed by atoms with van der Waals surface area (Å²) in [4.78, 5) is 4.27. The summed E-state index contributed by atoms with van der Waals surface area (Å²) < 4.78 is 22.2. The summed E-state index contributed by atoms with van der Waals surface area (Å²) in [7, 11) is -3.66. The predicted octanol–water partition coefficient (Wildman–Crippen LogP) is 1.66. The first-order valence-corrected chi connectivity index (χ1v) is 7.41. The van der Waals surface area contributed by atoms with Crippen molar-refractivity contribution < 1.29 is 13.5 Å². The Morgan fingerprint density at radius 3 is 2.35 bits per heavy atom. The van der Waals surface area contributed by atoms with Gasteiger partial charge in [-0.2, -0.15) is 0 Å². The molecule has 104 valence electrons. The van der Waals surface area contributed by atoms with E-state index in [1.807, 2.05) is 6.07 Å². The van der Waals surface area contributed by atoms with Crippen LogP contribution in [0.2, 0.25) is 0 Å². The molecule has 2 rings (SSSR count). The van der Waals surface area contributed by atoms with Crippen LogP contribution in [0.15, 0.2) is 58.4 Å². The average Bonchev–Trinajstić information content (AvgIpc) is 2.40. The zero-order valence-corrected chi connectivity index (χ0v) is 11.4. The Morgan fingerprint density at radius 1 is 1.10 bits per heavy atom. The van der Waals surface area contributed by atoms with Crippen LogP contribution in [-0.4, -0.2) is 19.7 Å². The second-order valence-corrected chi connectivity index (χ2v) is 5.78. The van der Waals surface area contributed by atoms with Crippen molar-refractivity contribution in [3.8, 4) is 5.75 Å². The molecule has 6 heteroatoms. The molecule has 0 radical (unpaired) electrons. The van der Waals surface area contributed by atoms with Crippen LogP contribution in [0, 0.1) is 0 Å². The van der Waals surface area contributed by atoms with Crippen LogP contribution in [0.1, 0.15) is 11.1 Å². The third-order valence-corrected chi connectivity index (χ3v) is 3.62. The molecule has 20 heavy (non-hydrogen) atoms. The number of benzene rings is 2. The summed E-state index contributed by atoms with van der Waals surface area (Å²) in [6, 6.07) is 13.1. The molecule has 0 amide bonds. The number of rotatable bonds is 4. The minimum atomic E-state index is -3.66. The van der Waals surface area contributed by atoms with Crippen LogP contribution in [-0.2, 0) is 16.6 Å². The van der Waals surface area contributed by atoms with Gasteiger partial charge in [0.1, 0.15) is 5.75 Å². The first kappa shape index (κ1) is 14.2. The SMILES string of the molecule is NS(=O)(=O)c1ccc(CN=Cc2ccccc2O)cc1. The van der Waals surface area contributed by atoms with Crippen LogP contribution < -0.4 is 5.14 Å². The Labute approximate surface area is 117 Å². The maximum atomic E-state index is 11.1. The maximum absolute atomic E-state index is 11.1. The van der Waals surface area contributed by atoms with Gasteiger partial charge in [-0.05, 0) is 29.8 Å². The highest BCUT2D eigenvalue weighted by molar-refractivity contribution is 7.89. The molecule has 0 heterocycles. The van der Waals surface area contributed by atoms with Gasteiger partial charge in [-0.3, -0.25) is 4.99 Å². The average molecular weight is 290 g/mol. The molecule has 5 nitrogen and oxygen atoms in total. The second kappa shape index (κ2) is 5.85. The van der Waals surface area contributed by atoms with Crippen molar-refractivity contribution in [1.82, 2.24) is 0 Å². The Balaban J connectivity index is 2.07. The van der Waals surface area contributed by atoms with Crippen molar-refractivity contribution in [2.24, 2.45) is 10.1 Å². The van der Waals surface area contributed by atoms with Crippen LogP contribution in [0.5, 0.6) is 5.75 Å². The molecule has 0 aromatic heterocycles. The number of para-hydroxylation sites is 1. The largest absolute Gasteiger partial charge is 0.507 e. The third kappa shape index (κ3) is 3.66. The summed E-state index contributed by atoms with van der Waals surface area (Å²) in [5.41, 5.74) is 1.48. The smallest absolute Gasteiger partial charge is 0.238 e. The second-order valence-electron chi connectivity index (χ2n) is 4.22. The van der Waals surface area contributed by atoms with Gasteiger partial charge < -0.3 is 5.11 Å². The molecular formula is C14H14N2O3S. The monoisotopic (exact) mass is 290 g/mol. The highest BCUT2D eigenvalue weighted by Crippen LogP contribution is 2.13. The molecule has 2 aromatic carbocycles. The van der Waals surface area contributed by atoms with Crippen LogP contribution in [0.25, 0.3) is 0 Å². The number of phenols is 1. The Morgan fingerprint density at radius 2 is 1.75 bits per heavy atom. The van der Waals surface area contributed by atoms with Gasteiger partial charge in [-0.15, -0.1) is 0 Å². The van der Waals surface area contributed by atoms with Crippen molar-refractivity contribution in [2.75, 3.05) is 0 Å². The lowest BCUT2D eigenvalue weighted by Crippen LogP contribution is -2.11. The number of hydrogen-bond donors (Lipinski definition) is 2. The number of aliphatic imine (C=N–C) groups is 1. The normalized spacial score (nSPS) is 11.8. The first-order valence-electron chi connectivity index (χ1n) is 5.86. The molecule has 0 atom stereocenters. The van der Waals surface area contributed by atoms with Crippen LogP contribution >= 0.6 is 0 Å². The lowest BCUT2D eigenvalue weighted by Gasteiger charge is -2.00. The Bertz CT molecular complexity index is 722. The van der Waals surface area contributed by atoms with Crippen molar-refractivity contribution in [1.29, 1.82) is 0 Å². The maximum Gasteiger partial charge on any atom is 0.238 e. The van der Waals surface area contributed by atoms with E-state index < -0.39 is 10.0 Å². The topological polar surface area (TPSA) is 92.8 Å². The molecular weight excluding hydrogens is 276 g/mol. The van der Waals surface area contributed by atoms with Crippen molar-refractivity contribution >= 4 is 16.2 Å². The zero-order valence-electron chi connectivity index (χ0n) is 10.6. The number of nitrogens with zero attached hydrogens (tertiary/aromatic N) is 1. The Kier molecular flexibility index (Phi) is 4.16. The fraction of sp³-hybridized carbons (Fsp3) is 0.0714. The lowest BCUT2D eigenvalue weighted by molar-refractivity contribution is 0.474. The Hall–Kier alpha value is -2.18. The standard InChI is InChI=1S/C14H14N2O3S/c15-20(18,19)13-7-5-11(6-8-13)9-16-10-12-3-1-2-4-14(12)17/h1-8,10,17H,9H2,(H2,15,18,19). The van der Waals surface area contributed by atoms with Crippen molar-refractivity contribution in [3.05, 3.63) is 59.7 Å². The molecule has 0 fully saturated rings. The van der Waals surface area contributed by atoms with Crippen LogP contribution in [0.3, 0.4) is 0 Å². The van der Waals surface area contributed by atoms with Gasteiger partial charge in [-0.25, -0.2) is 13.6 Å². The number of aromatic hydroxyl groups is 1. The highest BCUT2D eigenvalue weighted by atomic mass is 32.2. The number of primary sulfonamides is 1. The highest BCUT2D eigenvalue weighted by Gasteiger charge is 2.06. The van der Waals surface area contributed by atoms with E-state index in [1.54, 1.807) is 36.5 Å². The molecule has 0 bridgehead atoms. The predicted molar refractivity (Wildman–Crippen MR) is 77.2 cm³/mol. The number of phenolic OH excluding ortho intramolecular Hbond substituents is 1. The van der Waals surface area contributed by atoms with Gasteiger partial charge in [0.05, 0.1) is 11.4 Å². The number of hydrogen-bond acceptors (Lipinski definition) is 4. The fourth-order valence-corrected chi connectivity index (χ4v) is 2.15. The van der Waals surface area contributed by atoms with Gasteiger partial charge >= 0.3 is 0 Å². The number of sulfonamides is 1. The molecule has 0 unspecified atom stereocenters. The van der Waals surface area contributed by atoms with E-state index in [2.05, 4.69) is 4.99 Å². The summed E-state index contributed by atoms with van der Waals surface area (Å²) in [6.07, 6.45) is 1.57. The van der Waals surface area contributed by atoms with Gasteiger partial charge in [0.15, 0.2) is 0 Å². The zero-order chi connectivity index (χ0) is 14.6. The van der Waals surface area contributed by atoms with Crippen LogP contribution in [0.4, 0.5) is 0 Å². The molecule has 0 aliphatic carbocycles. The van der Waals surface area contributed by atoms with Crippen molar-refractivity contribution in [2.45, 2.75) is 11.4 Å².